The third-order valence-corrected chi connectivity index (χ3v) is 3.34. The van der Waals surface area contributed by atoms with Crippen molar-refractivity contribution < 1.29 is 0 Å². The SMILES string of the molecule is CC(C)c1cncc2c1N(C(C)C)CCC=C2. The highest BCUT2D eigenvalue weighted by Crippen LogP contribution is 2.34. The Bertz CT molecular complexity index is 419. The lowest BCUT2D eigenvalue weighted by Gasteiger charge is -2.31. The average Bonchev–Trinajstić information content (AvgIpc) is 2.50. The Labute approximate surface area is 104 Å². The van der Waals surface area contributed by atoms with Crippen molar-refractivity contribution in [2.24, 2.45) is 0 Å². The molecule has 2 heteroatoms. The lowest BCUT2D eigenvalue weighted by Crippen LogP contribution is -2.32. The molecule has 0 spiro atoms. The highest BCUT2D eigenvalue weighted by atomic mass is 15.2. The van der Waals surface area contributed by atoms with Crippen LogP contribution < -0.4 is 4.90 Å². The molecule has 0 aliphatic carbocycles. The van der Waals surface area contributed by atoms with Gasteiger partial charge in [-0.1, -0.05) is 26.0 Å². The second kappa shape index (κ2) is 4.91. The molecule has 1 aromatic rings. The Morgan fingerprint density at radius 3 is 2.59 bits per heavy atom. The van der Waals surface area contributed by atoms with Crippen LogP contribution in [0, 0.1) is 0 Å². The molecule has 0 fully saturated rings. The fourth-order valence-electron chi connectivity index (χ4n) is 2.42. The van der Waals surface area contributed by atoms with Crippen molar-refractivity contribution in [3.8, 4) is 0 Å². The summed E-state index contributed by atoms with van der Waals surface area (Å²) in [4.78, 5) is 6.88. The lowest BCUT2D eigenvalue weighted by molar-refractivity contribution is 0.677. The second-order valence-electron chi connectivity index (χ2n) is 5.30. The summed E-state index contributed by atoms with van der Waals surface area (Å²) in [7, 11) is 0. The molecule has 0 unspecified atom stereocenters. The van der Waals surface area contributed by atoms with Gasteiger partial charge in [-0.25, -0.2) is 0 Å². The summed E-state index contributed by atoms with van der Waals surface area (Å²) in [6.45, 7) is 10.1. The fraction of sp³-hybridized carbons (Fsp3) is 0.533. The Balaban J connectivity index is 2.57. The van der Waals surface area contributed by atoms with Gasteiger partial charge in [-0.3, -0.25) is 4.98 Å². The minimum absolute atomic E-state index is 0.519. The smallest absolute Gasteiger partial charge is 0.0508 e. The summed E-state index contributed by atoms with van der Waals surface area (Å²) in [5.74, 6) is 0.519. The molecule has 0 saturated heterocycles. The minimum atomic E-state index is 0.519. The number of aromatic nitrogens is 1. The van der Waals surface area contributed by atoms with Crippen molar-refractivity contribution in [2.45, 2.75) is 46.1 Å². The molecular weight excluding hydrogens is 208 g/mol. The molecule has 92 valence electrons. The van der Waals surface area contributed by atoms with Gasteiger partial charge in [-0.05, 0) is 31.7 Å². The molecule has 0 atom stereocenters. The van der Waals surface area contributed by atoms with Gasteiger partial charge in [0, 0.05) is 30.5 Å². The van der Waals surface area contributed by atoms with E-state index < -0.39 is 0 Å². The summed E-state index contributed by atoms with van der Waals surface area (Å²) >= 11 is 0. The predicted molar refractivity (Wildman–Crippen MR) is 74.5 cm³/mol. The zero-order valence-corrected chi connectivity index (χ0v) is 11.3. The largest absolute Gasteiger partial charge is 0.368 e. The molecular formula is C15H22N2. The zero-order valence-electron chi connectivity index (χ0n) is 11.3. The molecule has 0 amide bonds. The highest BCUT2D eigenvalue weighted by Gasteiger charge is 2.20. The van der Waals surface area contributed by atoms with Gasteiger partial charge in [0.25, 0.3) is 0 Å². The van der Waals surface area contributed by atoms with Gasteiger partial charge in [0.15, 0.2) is 0 Å². The van der Waals surface area contributed by atoms with E-state index in [1.807, 2.05) is 12.4 Å². The van der Waals surface area contributed by atoms with E-state index in [0.717, 1.165) is 13.0 Å². The van der Waals surface area contributed by atoms with Crippen LogP contribution in [0.5, 0.6) is 0 Å². The van der Waals surface area contributed by atoms with E-state index in [1.165, 1.54) is 16.8 Å². The Kier molecular flexibility index (Phi) is 3.51. The van der Waals surface area contributed by atoms with Crippen LogP contribution in [-0.2, 0) is 0 Å². The first-order valence-electron chi connectivity index (χ1n) is 6.52. The fourth-order valence-corrected chi connectivity index (χ4v) is 2.42. The van der Waals surface area contributed by atoms with Crippen LogP contribution in [0.1, 0.15) is 51.2 Å². The van der Waals surface area contributed by atoms with E-state index in [-0.39, 0.29) is 0 Å². The molecule has 0 bridgehead atoms. The van der Waals surface area contributed by atoms with Crippen molar-refractivity contribution in [2.75, 3.05) is 11.4 Å². The van der Waals surface area contributed by atoms with Crippen LogP contribution in [0.15, 0.2) is 18.5 Å². The third kappa shape index (κ3) is 2.36. The molecule has 17 heavy (non-hydrogen) atoms. The molecule has 1 aliphatic rings. The molecule has 2 heterocycles. The van der Waals surface area contributed by atoms with Crippen molar-refractivity contribution in [3.63, 3.8) is 0 Å². The first-order valence-corrected chi connectivity index (χ1v) is 6.52. The molecule has 2 rings (SSSR count). The molecule has 0 aromatic carbocycles. The number of pyridine rings is 1. The first kappa shape index (κ1) is 12.2. The van der Waals surface area contributed by atoms with Gasteiger partial charge in [0.05, 0.1) is 5.69 Å². The van der Waals surface area contributed by atoms with E-state index >= 15 is 0 Å². The van der Waals surface area contributed by atoms with Gasteiger partial charge >= 0.3 is 0 Å². The number of rotatable bonds is 2. The predicted octanol–water partition coefficient (Wildman–Crippen LogP) is 3.84. The topological polar surface area (TPSA) is 16.1 Å². The van der Waals surface area contributed by atoms with Crippen LogP contribution in [0.3, 0.4) is 0 Å². The summed E-state index contributed by atoms with van der Waals surface area (Å²) in [5, 5.41) is 0. The van der Waals surface area contributed by atoms with Crippen LogP contribution in [-0.4, -0.2) is 17.6 Å². The van der Waals surface area contributed by atoms with Crippen molar-refractivity contribution in [1.29, 1.82) is 0 Å². The monoisotopic (exact) mass is 230 g/mol. The van der Waals surface area contributed by atoms with Crippen LogP contribution >= 0.6 is 0 Å². The van der Waals surface area contributed by atoms with E-state index in [0.29, 0.717) is 12.0 Å². The van der Waals surface area contributed by atoms with Crippen molar-refractivity contribution >= 4 is 11.8 Å². The Morgan fingerprint density at radius 2 is 1.94 bits per heavy atom. The summed E-state index contributed by atoms with van der Waals surface area (Å²) in [5.41, 5.74) is 4.02. The zero-order chi connectivity index (χ0) is 12.4. The van der Waals surface area contributed by atoms with Crippen LogP contribution in [0.4, 0.5) is 5.69 Å². The second-order valence-corrected chi connectivity index (χ2v) is 5.30. The maximum atomic E-state index is 4.38. The van der Waals surface area contributed by atoms with Crippen molar-refractivity contribution in [3.05, 3.63) is 29.6 Å². The normalized spacial score (nSPS) is 15.3. The van der Waals surface area contributed by atoms with Crippen LogP contribution in [0.2, 0.25) is 0 Å². The van der Waals surface area contributed by atoms with Crippen molar-refractivity contribution in [1.82, 2.24) is 4.98 Å². The Hall–Kier alpha value is -1.31. The van der Waals surface area contributed by atoms with Gasteiger partial charge in [0.2, 0.25) is 0 Å². The van der Waals surface area contributed by atoms with E-state index in [2.05, 4.69) is 49.7 Å². The molecule has 0 saturated carbocycles. The Morgan fingerprint density at radius 1 is 1.18 bits per heavy atom. The molecule has 2 nitrogen and oxygen atoms in total. The standard InChI is InChI=1S/C15H22N2/c1-11(2)14-10-16-9-13-7-5-6-8-17(12(3)4)15(13)14/h5,7,9-12H,6,8H2,1-4H3. The van der Waals surface area contributed by atoms with E-state index in [1.54, 1.807) is 0 Å². The van der Waals surface area contributed by atoms with E-state index in [4.69, 9.17) is 0 Å². The van der Waals surface area contributed by atoms with Crippen LogP contribution in [0.25, 0.3) is 6.08 Å². The number of fused-ring (bicyclic) bond motifs is 1. The number of anilines is 1. The highest BCUT2D eigenvalue weighted by molar-refractivity contribution is 5.72. The summed E-state index contributed by atoms with van der Waals surface area (Å²) < 4.78 is 0. The maximum Gasteiger partial charge on any atom is 0.0508 e. The average molecular weight is 230 g/mol. The number of hydrogen-bond acceptors (Lipinski definition) is 2. The number of nitrogens with zero attached hydrogens (tertiary/aromatic N) is 2. The van der Waals surface area contributed by atoms with Gasteiger partial charge in [-0.15, -0.1) is 0 Å². The molecule has 0 radical (unpaired) electrons. The third-order valence-electron chi connectivity index (χ3n) is 3.34. The molecule has 0 N–H and O–H groups in total. The maximum absolute atomic E-state index is 4.38. The lowest BCUT2D eigenvalue weighted by atomic mass is 9.99. The quantitative estimate of drug-likeness (QED) is 0.767. The summed E-state index contributed by atoms with van der Waals surface area (Å²) in [6, 6.07) is 0.536. The first-order chi connectivity index (χ1) is 8.11. The van der Waals surface area contributed by atoms with Gasteiger partial charge < -0.3 is 4.90 Å². The molecule has 1 aliphatic heterocycles. The van der Waals surface area contributed by atoms with Gasteiger partial charge in [-0.2, -0.15) is 0 Å². The summed E-state index contributed by atoms with van der Waals surface area (Å²) in [6.07, 6.45) is 9.60. The number of hydrogen-bond donors (Lipinski definition) is 0. The molecule has 1 aromatic heterocycles. The minimum Gasteiger partial charge on any atom is -0.368 e. The van der Waals surface area contributed by atoms with E-state index in [9.17, 15) is 0 Å². The van der Waals surface area contributed by atoms with Gasteiger partial charge in [0.1, 0.15) is 0 Å².